The van der Waals surface area contributed by atoms with Crippen LogP contribution in [0.25, 0.3) is 0 Å². The lowest BCUT2D eigenvalue weighted by Crippen LogP contribution is -2.43. The van der Waals surface area contributed by atoms with Crippen LogP contribution in [0.4, 0.5) is 0 Å². The van der Waals surface area contributed by atoms with Crippen molar-refractivity contribution in [3.8, 4) is 0 Å². The highest BCUT2D eigenvalue weighted by Gasteiger charge is 2.21. The van der Waals surface area contributed by atoms with Crippen LogP contribution in [0.5, 0.6) is 0 Å². The highest BCUT2D eigenvalue weighted by atomic mass is 16.3. The van der Waals surface area contributed by atoms with E-state index in [9.17, 15) is 4.79 Å². The van der Waals surface area contributed by atoms with Gasteiger partial charge in [-0.2, -0.15) is 0 Å². The largest absolute Gasteiger partial charge is 0.467 e. The summed E-state index contributed by atoms with van der Waals surface area (Å²) in [7, 11) is 2.14. The fourth-order valence-electron chi connectivity index (χ4n) is 2.37. The normalized spacial score (nSPS) is 21.5. The molecule has 0 spiro atoms. The first-order chi connectivity index (χ1) is 9.15. The summed E-state index contributed by atoms with van der Waals surface area (Å²) < 4.78 is 5.18. The second kappa shape index (κ2) is 6.73. The number of carbonyl (C=O) groups is 1. The minimum atomic E-state index is -0.166. The second-order valence-electron chi connectivity index (χ2n) is 5.34. The van der Waals surface area contributed by atoms with Crippen LogP contribution in [-0.2, 0) is 11.3 Å². The first-order valence-electron chi connectivity index (χ1n) is 6.87. The summed E-state index contributed by atoms with van der Waals surface area (Å²) in [6, 6.07) is 3.51. The average Bonchev–Trinajstić information content (AvgIpc) is 3.04. The van der Waals surface area contributed by atoms with Crippen LogP contribution in [0, 0.1) is 5.92 Å². The number of likely N-dealkylation sites (tertiary alicyclic amines) is 1. The molecule has 2 heterocycles. The van der Waals surface area contributed by atoms with E-state index >= 15 is 0 Å². The second-order valence-corrected chi connectivity index (χ2v) is 5.34. The van der Waals surface area contributed by atoms with Gasteiger partial charge in [-0.15, -0.1) is 0 Å². The predicted octanol–water partition coefficient (Wildman–Crippen LogP) is 0.826. The van der Waals surface area contributed by atoms with Crippen LogP contribution in [0.1, 0.15) is 19.1 Å². The minimum absolute atomic E-state index is 0.0164. The van der Waals surface area contributed by atoms with E-state index in [4.69, 9.17) is 4.42 Å². The van der Waals surface area contributed by atoms with Crippen molar-refractivity contribution in [3.05, 3.63) is 24.2 Å². The van der Waals surface area contributed by atoms with Gasteiger partial charge in [0.05, 0.1) is 18.8 Å². The zero-order chi connectivity index (χ0) is 13.7. The van der Waals surface area contributed by atoms with E-state index in [0.29, 0.717) is 12.5 Å². The average molecular weight is 265 g/mol. The number of amides is 1. The molecule has 2 atom stereocenters. The molecule has 1 aliphatic heterocycles. The number of hydrogen-bond donors (Lipinski definition) is 2. The highest BCUT2D eigenvalue weighted by molar-refractivity contribution is 5.81. The first kappa shape index (κ1) is 14.1. The Hall–Kier alpha value is -1.33. The van der Waals surface area contributed by atoms with Crippen LogP contribution < -0.4 is 10.6 Å². The van der Waals surface area contributed by atoms with Crippen molar-refractivity contribution in [1.29, 1.82) is 0 Å². The molecule has 1 fully saturated rings. The van der Waals surface area contributed by atoms with Gasteiger partial charge in [0.15, 0.2) is 0 Å². The number of hydrogen-bond acceptors (Lipinski definition) is 4. The number of carbonyl (C=O) groups excluding carboxylic acids is 1. The third-order valence-corrected chi connectivity index (χ3v) is 3.61. The Morgan fingerprint density at radius 1 is 1.63 bits per heavy atom. The Balaban J connectivity index is 1.64. The molecule has 1 aromatic heterocycles. The Labute approximate surface area is 114 Å². The van der Waals surface area contributed by atoms with Gasteiger partial charge >= 0.3 is 0 Å². The van der Waals surface area contributed by atoms with Gasteiger partial charge < -0.3 is 20.0 Å². The van der Waals surface area contributed by atoms with Crippen LogP contribution >= 0.6 is 0 Å². The summed E-state index contributed by atoms with van der Waals surface area (Å²) >= 11 is 0. The zero-order valence-electron chi connectivity index (χ0n) is 11.7. The van der Waals surface area contributed by atoms with Gasteiger partial charge in [-0.3, -0.25) is 4.79 Å². The van der Waals surface area contributed by atoms with Gasteiger partial charge in [0, 0.05) is 6.54 Å². The van der Waals surface area contributed by atoms with Gasteiger partial charge in [0.25, 0.3) is 0 Å². The standard InChI is InChI=1S/C14H23N3O2/c1-11(15-8-12-5-6-17(2)10-12)14(18)16-9-13-4-3-7-19-13/h3-4,7,11-12,15H,5-6,8-10H2,1-2H3,(H,16,18). The Morgan fingerprint density at radius 2 is 2.47 bits per heavy atom. The van der Waals surface area contributed by atoms with Crippen molar-refractivity contribution >= 4 is 5.91 Å². The van der Waals surface area contributed by atoms with Gasteiger partial charge in [-0.05, 0) is 51.5 Å². The smallest absolute Gasteiger partial charge is 0.237 e. The molecular weight excluding hydrogens is 242 g/mol. The topological polar surface area (TPSA) is 57.5 Å². The number of furan rings is 1. The van der Waals surface area contributed by atoms with Gasteiger partial charge in [-0.1, -0.05) is 0 Å². The summed E-state index contributed by atoms with van der Waals surface area (Å²) in [5.41, 5.74) is 0. The molecule has 0 aromatic carbocycles. The minimum Gasteiger partial charge on any atom is -0.467 e. The quantitative estimate of drug-likeness (QED) is 0.800. The number of nitrogens with one attached hydrogen (secondary N) is 2. The molecule has 2 unspecified atom stereocenters. The number of rotatable bonds is 6. The molecule has 0 aliphatic carbocycles. The summed E-state index contributed by atoms with van der Waals surface area (Å²) in [6.45, 7) is 5.53. The van der Waals surface area contributed by atoms with Crippen molar-refractivity contribution in [3.63, 3.8) is 0 Å². The molecule has 19 heavy (non-hydrogen) atoms. The van der Waals surface area contributed by atoms with Crippen molar-refractivity contribution in [1.82, 2.24) is 15.5 Å². The van der Waals surface area contributed by atoms with Crippen LogP contribution in [0.15, 0.2) is 22.8 Å². The predicted molar refractivity (Wildman–Crippen MR) is 73.6 cm³/mol. The lowest BCUT2D eigenvalue weighted by Gasteiger charge is -2.16. The molecule has 1 aromatic rings. The molecule has 2 N–H and O–H groups in total. The molecule has 0 radical (unpaired) electrons. The fraction of sp³-hybridized carbons (Fsp3) is 0.643. The van der Waals surface area contributed by atoms with Crippen LogP contribution in [0.3, 0.4) is 0 Å². The Kier molecular flexibility index (Phi) is 4.99. The fourth-order valence-corrected chi connectivity index (χ4v) is 2.37. The maximum absolute atomic E-state index is 11.9. The first-order valence-corrected chi connectivity index (χ1v) is 6.87. The van der Waals surface area contributed by atoms with E-state index in [2.05, 4.69) is 22.6 Å². The Bertz CT molecular complexity index is 391. The molecule has 5 nitrogen and oxygen atoms in total. The highest BCUT2D eigenvalue weighted by Crippen LogP contribution is 2.12. The molecule has 0 saturated carbocycles. The molecule has 5 heteroatoms. The van der Waals surface area contributed by atoms with E-state index in [1.807, 2.05) is 19.1 Å². The van der Waals surface area contributed by atoms with E-state index < -0.39 is 0 Å². The van der Waals surface area contributed by atoms with Crippen molar-refractivity contribution in [2.45, 2.75) is 25.9 Å². The van der Waals surface area contributed by atoms with Crippen LogP contribution in [-0.4, -0.2) is 43.5 Å². The molecule has 1 saturated heterocycles. The summed E-state index contributed by atoms with van der Waals surface area (Å²) in [5, 5.41) is 6.17. The molecule has 1 amide bonds. The monoisotopic (exact) mass is 265 g/mol. The van der Waals surface area contributed by atoms with Gasteiger partial charge in [-0.25, -0.2) is 0 Å². The maximum atomic E-state index is 11.9. The van der Waals surface area contributed by atoms with Crippen LogP contribution in [0.2, 0.25) is 0 Å². The molecule has 2 rings (SSSR count). The van der Waals surface area contributed by atoms with Gasteiger partial charge in [0.2, 0.25) is 5.91 Å². The van der Waals surface area contributed by atoms with Crippen molar-refractivity contribution in [2.75, 3.05) is 26.7 Å². The van der Waals surface area contributed by atoms with E-state index in [1.165, 1.54) is 6.42 Å². The van der Waals surface area contributed by atoms with Crippen molar-refractivity contribution < 1.29 is 9.21 Å². The lowest BCUT2D eigenvalue weighted by atomic mass is 10.1. The summed E-state index contributed by atoms with van der Waals surface area (Å²) in [6.07, 6.45) is 2.82. The Morgan fingerprint density at radius 3 is 3.11 bits per heavy atom. The zero-order valence-corrected chi connectivity index (χ0v) is 11.7. The SMILES string of the molecule is CC(NCC1CCN(C)C1)C(=O)NCc1ccco1. The third-order valence-electron chi connectivity index (χ3n) is 3.61. The van der Waals surface area contributed by atoms with E-state index in [0.717, 1.165) is 25.4 Å². The molecular formula is C14H23N3O2. The summed E-state index contributed by atoms with van der Waals surface area (Å²) in [4.78, 5) is 14.2. The maximum Gasteiger partial charge on any atom is 0.237 e. The van der Waals surface area contributed by atoms with E-state index in [1.54, 1.807) is 6.26 Å². The molecule has 1 aliphatic rings. The molecule has 106 valence electrons. The summed E-state index contributed by atoms with van der Waals surface area (Å²) in [5.74, 6) is 1.45. The lowest BCUT2D eigenvalue weighted by molar-refractivity contribution is -0.123. The van der Waals surface area contributed by atoms with Gasteiger partial charge in [0.1, 0.15) is 5.76 Å². The van der Waals surface area contributed by atoms with E-state index in [-0.39, 0.29) is 11.9 Å². The van der Waals surface area contributed by atoms with Crippen molar-refractivity contribution in [2.24, 2.45) is 5.92 Å². The molecule has 0 bridgehead atoms. The number of nitrogens with zero attached hydrogens (tertiary/aromatic N) is 1. The third kappa shape index (κ3) is 4.36.